The van der Waals surface area contributed by atoms with E-state index in [2.05, 4.69) is 90.3 Å². The van der Waals surface area contributed by atoms with Gasteiger partial charge >= 0.3 is 0 Å². The molecule has 1 amide bonds. The molecule has 0 atom stereocenters. The molecule has 0 fully saturated rings. The van der Waals surface area contributed by atoms with Crippen LogP contribution < -0.4 is 5.32 Å². The zero-order valence-corrected chi connectivity index (χ0v) is 22.6. The number of amides is 1. The van der Waals surface area contributed by atoms with E-state index in [9.17, 15) is 4.79 Å². The predicted molar refractivity (Wildman–Crippen MR) is 152 cm³/mol. The Morgan fingerprint density at radius 3 is 2.54 bits per heavy atom. The summed E-state index contributed by atoms with van der Waals surface area (Å²) < 4.78 is 8.31. The van der Waals surface area contributed by atoms with Crippen LogP contribution in [0.3, 0.4) is 0 Å². The first-order valence-corrected chi connectivity index (χ1v) is 13.7. The number of aryl methyl sites for hydroxylation is 2. The summed E-state index contributed by atoms with van der Waals surface area (Å²) in [5, 5.41) is 4.31. The lowest BCUT2D eigenvalue weighted by Crippen LogP contribution is -2.23. The number of rotatable bonds is 14. The number of furan rings is 1. The van der Waals surface area contributed by atoms with Gasteiger partial charge in [0.05, 0.1) is 13.1 Å². The van der Waals surface area contributed by atoms with E-state index in [1.54, 1.807) is 0 Å². The number of nitrogens with zero attached hydrogens (tertiary/aromatic N) is 2. The standard InChI is InChI=1S/C32H41N3O2/c1-4-6-20-34(5-2)24-29-19-18-28(37-29)21-33-32(36)17-11-14-27-23-35(31-16-10-9-15-30(27)31)22-26-13-8-7-12-25(26)3/h7-10,12-13,15-16,18-19,23H,4-6,11,14,17,20-22,24H2,1-3H3,(H,33,36). The minimum Gasteiger partial charge on any atom is -0.463 e. The fourth-order valence-corrected chi connectivity index (χ4v) is 4.89. The minimum atomic E-state index is 0.0692. The van der Waals surface area contributed by atoms with Crippen molar-refractivity contribution in [1.29, 1.82) is 0 Å². The number of unbranched alkanes of at least 4 members (excludes halogenated alkanes) is 1. The van der Waals surface area contributed by atoms with Gasteiger partial charge in [0.2, 0.25) is 5.91 Å². The summed E-state index contributed by atoms with van der Waals surface area (Å²) in [6.45, 7) is 10.8. The number of benzene rings is 2. The molecule has 5 nitrogen and oxygen atoms in total. The number of hydrogen-bond donors (Lipinski definition) is 1. The smallest absolute Gasteiger partial charge is 0.220 e. The van der Waals surface area contributed by atoms with Gasteiger partial charge in [-0.3, -0.25) is 9.69 Å². The highest BCUT2D eigenvalue weighted by Crippen LogP contribution is 2.24. The summed E-state index contributed by atoms with van der Waals surface area (Å²) in [6, 6.07) is 21.1. The van der Waals surface area contributed by atoms with Crippen LogP contribution in [0.15, 0.2) is 71.3 Å². The third-order valence-corrected chi connectivity index (χ3v) is 7.15. The van der Waals surface area contributed by atoms with Gasteiger partial charge in [-0.25, -0.2) is 0 Å². The maximum Gasteiger partial charge on any atom is 0.220 e. The van der Waals surface area contributed by atoms with Crippen molar-refractivity contribution in [3.63, 3.8) is 0 Å². The van der Waals surface area contributed by atoms with Crippen LogP contribution in [0.2, 0.25) is 0 Å². The maximum atomic E-state index is 12.5. The first-order chi connectivity index (χ1) is 18.1. The molecule has 0 unspecified atom stereocenters. The van der Waals surface area contributed by atoms with Gasteiger partial charge in [0.15, 0.2) is 0 Å². The fraction of sp³-hybridized carbons (Fsp3) is 0.406. The van der Waals surface area contributed by atoms with Crippen LogP contribution in [0, 0.1) is 6.92 Å². The van der Waals surface area contributed by atoms with E-state index in [0.29, 0.717) is 13.0 Å². The van der Waals surface area contributed by atoms with E-state index in [0.717, 1.165) is 50.5 Å². The molecule has 4 rings (SSSR count). The van der Waals surface area contributed by atoms with E-state index in [-0.39, 0.29) is 5.91 Å². The molecule has 1 N–H and O–H groups in total. The second kappa shape index (κ2) is 13.3. The minimum absolute atomic E-state index is 0.0692. The van der Waals surface area contributed by atoms with Gasteiger partial charge < -0.3 is 14.3 Å². The molecule has 0 saturated carbocycles. The van der Waals surface area contributed by atoms with Crippen LogP contribution in [-0.2, 0) is 30.8 Å². The highest BCUT2D eigenvalue weighted by Gasteiger charge is 2.12. The van der Waals surface area contributed by atoms with E-state index in [1.165, 1.54) is 40.4 Å². The van der Waals surface area contributed by atoms with Crippen molar-refractivity contribution in [2.45, 2.75) is 72.5 Å². The van der Waals surface area contributed by atoms with Crippen LogP contribution >= 0.6 is 0 Å². The summed E-state index contributed by atoms with van der Waals surface area (Å²) >= 11 is 0. The molecular weight excluding hydrogens is 458 g/mol. The molecule has 0 aliphatic carbocycles. The SMILES string of the molecule is CCCCN(CC)Cc1ccc(CNC(=O)CCCc2cn(Cc3ccccc3C)c3ccccc23)o1. The monoisotopic (exact) mass is 499 g/mol. The number of para-hydroxylation sites is 1. The Balaban J connectivity index is 1.27. The van der Waals surface area contributed by atoms with Crippen molar-refractivity contribution in [2.75, 3.05) is 13.1 Å². The van der Waals surface area contributed by atoms with Crippen molar-refractivity contribution in [1.82, 2.24) is 14.8 Å². The Kier molecular flexibility index (Phi) is 9.61. The average molecular weight is 500 g/mol. The zero-order chi connectivity index (χ0) is 26.0. The molecule has 0 radical (unpaired) electrons. The molecule has 37 heavy (non-hydrogen) atoms. The van der Waals surface area contributed by atoms with Gasteiger partial charge in [0.1, 0.15) is 11.5 Å². The fourth-order valence-electron chi connectivity index (χ4n) is 4.89. The summed E-state index contributed by atoms with van der Waals surface area (Å²) in [4.78, 5) is 14.9. The van der Waals surface area contributed by atoms with E-state index in [4.69, 9.17) is 4.42 Å². The molecular formula is C32H41N3O2. The van der Waals surface area contributed by atoms with Gasteiger partial charge in [-0.1, -0.05) is 62.7 Å². The summed E-state index contributed by atoms with van der Waals surface area (Å²) in [6.07, 6.45) is 6.86. The van der Waals surface area contributed by atoms with Gasteiger partial charge in [0, 0.05) is 30.1 Å². The lowest BCUT2D eigenvalue weighted by atomic mass is 10.1. The second-order valence-corrected chi connectivity index (χ2v) is 9.95. The number of carbonyl (C=O) groups excluding carboxylic acids is 1. The molecule has 2 heterocycles. The second-order valence-electron chi connectivity index (χ2n) is 9.95. The lowest BCUT2D eigenvalue weighted by molar-refractivity contribution is -0.121. The Labute approximate surface area is 221 Å². The maximum absolute atomic E-state index is 12.5. The number of carbonyl (C=O) groups is 1. The highest BCUT2D eigenvalue weighted by molar-refractivity contribution is 5.84. The number of fused-ring (bicyclic) bond motifs is 1. The predicted octanol–water partition coefficient (Wildman–Crippen LogP) is 6.85. The largest absolute Gasteiger partial charge is 0.463 e. The Morgan fingerprint density at radius 1 is 0.946 bits per heavy atom. The Hall–Kier alpha value is -3.31. The van der Waals surface area contributed by atoms with Gasteiger partial charge in [-0.2, -0.15) is 0 Å². The molecule has 196 valence electrons. The van der Waals surface area contributed by atoms with E-state index in [1.807, 2.05) is 12.1 Å². The first kappa shape index (κ1) is 26.7. The third-order valence-electron chi connectivity index (χ3n) is 7.15. The average Bonchev–Trinajstić information content (AvgIpc) is 3.51. The van der Waals surface area contributed by atoms with Crippen molar-refractivity contribution < 1.29 is 9.21 Å². The van der Waals surface area contributed by atoms with Crippen molar-refractivity contribution in [2.24, 2.45) is 0 Å². The zero-order valence-electron chi connectivity index (χ0n) is 22.6. The van der Waals surface area contributed by atoms with Gasteiger partial charge in [-0.05, 0) is 74.2 Å². The normalized spacial score (nSPS) is 11.5. The molecule has 4 aromatic rings. The van der Waals surface area contributed by atoms with Crippen molar-refractivity contribution in [3.8, 4) is 0 Å². The quantitative estimate of drug-likeness (QED) is 0.206. The molecule has 2 aromatic heterocycles. The summed E-state index contributed by atoms with van der Waals surface area (Å²) in [5.41, 5.74) is 5.19. The van der Waals surface area contributed by atoms with Crippen LogP contribution in [0.25, 0.3) is 10.9 Å². The Morgan fingerprint density at radius 2 is 1.73 bits per heavy atom. The van der Waals surface area contributed by atoms with Crippen LogP contribution in [0.5, 0.6) is 0 Å². The summed E-state index contributed by atoms with van der Waals surface area (Å²) in [5.74, 6) is 1.85. The molecule has 0 spiro atoms. The topological polar surface area (TPSA) is 50.4 Å². The lowest BCUT2D eigenvalue weighted by Gasteiger charge is -2.18. The molecule has 0 aliphatic heterocycles. The number of hydrogen-bond acceptors (Lipinski definition) is 3. The summed E-state index contributed by atoms with van der Waals surface area (Å²) in [7, 11) is 0. The van der Waals surface area contributed by atoms with Gasteiger partial charge in [0.25, 0.3) is 0 Å². The molecule has 0 aliphatic rings. The highest BCUT2D eigenvalue weighted by atomic mass is 16.3. The number of aromatic nitrogens is 1. The van der Waals surface area contributed by atoms with Crippen LogP contribution in [0.4, 0.5) is 0 Å². The van der Waals surface area contributed by atoms with Crippen LogP contribution in [-0.4, -0.2) is 28.5 Å². The third kappa shape index (κ3) is 7.36. The first-order valence-electron chi connectivity index (χ1n) is 13.7. The molecule has 2 aromatic carbocycles. The molecule has 5 heteroatoms. The molecule has 0 bridgehead atoms. The number of nitrogens with one attached hydrogen (secondary N) is 1. The van der Waals surface area contributed by atoms with Crippen molar-refractivity contribution >= 4 is 16.8 Å². The van der Waals surface area contributed by atoms with Crippen molar-refractivity contribution in [3.05, 3.63) is 95.1 Å². The van der Waals surface area contributed by atoms with Crippen LogP contribution in [0.1, 0.15) is 67.7 Å². The van der Waals surface area contributed by atoms with E-state index >= 15 is 0 Å². The van der Waals surface area contributed by atoms with Gasteiger partial charge in [-0.15, -0.1) is 0 Å². The van der Waals surface area contributed by atoms with E-state index < -0.39 is 0 Å². The molecule has 0 saturated heterocycles. The Bertz CT molecular complexity index is 1290.